The van der Waals surface area contributed by atoms with Gasteiger partial charge in [0.1, 0.15) is 17.4 Å². The second-order valence-corrected chi connectivity index (χ2v) is 7.38. The summed E-state index contributed by atoms with van der Waals surface area (Å²) in [5, 5.41) is 3.91. The Hall–Kier alpha value is -2.44. The maximum absolute atomic E-state index is 12.1. The first-order valence-electron chi connectivity index (χ1n) is 8.59. The number of aryl methyl sites for hydroxylation is 1. The van der Waals surface area contributed by atoms with Crippen LogP contribution in [0.4, 0.5) is 0 Å². The van der Waals surface area contributed by atoms with E-state index in [0.29, 0.717) is 26.2 Å². The lowest BCUT2D eigenvalue weighted by Crippen LogP contribution is -2.36. The monoisotopic (exact) mass is 369 g/mol. The molecular weight excluding hydrogens is 346 g/mol. The fraction of sp³-hybridized carbons (Fsp3) is 0.300. The molecule has 6 heteroatoms. The lowest BCUT2D eigenvalue weighted by molar-refractivity contribution is -0.122. The minimum atomic E-state index is -0.0125. The molecule has 0 atom stereocenters. The third-order valence-electron chi connectivity index (χ3n) is 3.84. The van der Waals surface area contributed by atoms with Crippen molar-refractivity contribution >= 4 is 27.5 Å². The van der Waals surface area contributed by atoms with Crippen LogP contribution >= 0.6 is 11.3 Å². The topological polar surface area (TPSA) is 54.5 Å². The number of likely N-dealkylation sites (N-methyl/N-ethyl adjacent to an activating group) is 1. The van der Waals surface area contributed by atoms with Gasteiger partial charge in [0.15, 0.2) is 0 Å². The summed E-state index contributed by atoms with van der Waals surface area (Å²) < 4.78 is 6.81. The molecule has 2 aromatic carbocycles. The van der Waals surface area contributed by atoms with Crippen molar-refractivity contribution in [3.05, 3.63) is 59.1 Å². The van der Waals surface area contributed by atoms with Crippen LogP contribution in [0.1, 0.15) is 10.6 Å². The Balaban J connectivity index is 1.38. The van der Waals surface area contributed by atoms with E-state index in [4.69, 9.17) is 4.74 Å². The van der Waals surface area contributed by atoms with Gasteiger partial charge in [-0.15, -0.1) is 11.3 Å². The maximum atomic E-state index is 12.1. The lowest BCUT2D eigenvalue weighted by Gasteiger charge is -2.15. The van der Waals surface area contributed by atoms with E-state index in [9.17, 15) is 4.79 Å². The molecular formula is C20H23N3O2S. The first-order valence-corrected chi connectivity index (χ1v) is 9.41. The quantitative estimate of drug-likeness (QED) is 0.620. The Morgan fingerprint density at radius 1 is 1.23 bits per heavy atom. The van der Waals surface area contributed by atoms with Crippen LogP contribution < -0.4 is 10.1 Å². The molecule has 0 bridgehead atoms. The number of carbonyl (C=O) groups is 1. The standard InChI is InChI=1S/C20H23N3O2S/c1-15-6-5-7-16(12-15)25-11-10-21-19(24)13-23(2)14-20-22-17-8-3-4-9-18(17)26-20/h3-9,12H,10-11,13-14H2,1-2H3,(H,21,24). The Kier molecular flexibility index (Phi) is 6.20. The van der Waals surface area contributed by atoms with E-state index < -0.39 is 0 Å². The maximum Gasteiger partial charge on any atom is 0.234 e. The number of fused-ring (bicyclic) bond motifs is 1. The van der Waals surface area contributed by atoms with Crippen molar-refractivity contribution in [2.24, 2.45) is 0 Å². The molecule has 0 saturated heterocycles. The fourth-order valence-corrected chi connectivity index (χ4v) is 3.69. The van der Waals surface area contributed by atoms with Crippen LogP contribution in [0.25, 0.3) is 10.2 Å². The summed E-state index contributed by atoms with van der Waals surface area (Å²) in [6.45, 7) is 3.96. The molecule has 0 spiro atoms. The number of para-hydroxylation sites is 1. The van der Waals surface area contributed by atoms with E-state index in [0.717, 1.165) is 21.8 Å². The summed E-state index contributed by atoms with van der Waals surface area (Å²) in [6.07, 6.45) is 0. The molecule has 1 heterocycles. The molecule has 26 heavy (non-hydrogen) atoms. The van der Waals surface area contributed by atoms with E-state index >= 15 is 0 Å². The molecule has 1 N–H and O–H groups in total. The van der Waals surface area contributed by atoms with Gasteiger partial charge in [-0.3, -0.25) is 9.69 Å². The van der Waals surface area contributed by atoms with Gasteiger partial charge in [-0.1, -0.05) is 24.3 Å². The average Bonchev–Trinajstić information content (AvgIpc) is 3.00. The molecule has 5 nitrogen and oxygen atoms in total. The SMILES string of the molecule is Cc1cccc(OCCNC(=O)CN(C)Cc2nc3ccccc3s2)c1. The molecule has 1 aromatic heterocycles. The number of aromatic nitrogens is 1. The van der Waals surface area contributed by atoms with Crippen molar-refractivity contribution in [3.63, 3.8) is 0 Å². The summed E-state index contributed by atoms with van der Waals surface area (Å²) in [4.78, 5) is 18.6. The Bertz CT molecular complexity index is 845. The first-order chi connectivity index (χ1) is 12.6. The van der Waals surface area contributed by atoms with Crippen molar-refractivity contribution in [1.82, 2.24) is 15.2 Å². The van der Waals surface area contributed by atoms with Crippen molar-refractivity contribution in [1.29, 1.82) is 0 Å². The van der Waals surface area contributed by atoms with Gasteiger partial charge in [0, 0.05) is 0 Å². The van der Waals surface area contributed by atoms with Crippen molar-refractivity contribution in [2.75, 3.05) is 26.7 Å². The number of thiazole rings is 1. The third kappa shape index (κ3) is 5.28. The van der Waals surface area contributed by atoms with Gasteiger partial charge in [0.2, 0.25) is 5.91 Å². The van der Waals surface area contributed by atoms with Crippen LogP contribution in [-0.4, -0.2) is 42.5 Å². The number of ether oxygens (including phenoxy) is 1. The van der Waals surface area contributed by atoms with Gasteiger partial charge in [-0.25, -0.2) is 4.98 Å². The largest absolute Gasteiger partial charge is 0.492 e. The van der Waals surface area contributed by atoms with E-state index in [1.165, 1.54) is 4.70 Å². The number of benzene rings is 2. The molecule has 0 aliphatic carbocycles. The van der Waals surface area contributed by atoms with Gasteiger partial charge in [0.25, 0.3) is 0 Å². The Morgan fingerprint density at radius 2 is 2.08 bits per heavy atom. The smallest absolute Gasteiger partial charge is 0.234 e. The highest BCUT2D eigenvalue weighted by Crippen LogP contribution is 2.22. The summed E-state index contributed by atoms with van der Waals surface area (Å²) in [5.74, 6) is 0.814. The number of hydrogen-bond donors (Lipinski definition) is 1. The lowest BCUT2D eigenvalue weighted by atomic mass is 10.2. The third-order valence-corrected chi connectivity index (χ3v) is 4.86. The molecule has 3 aromatic rings. The molecule has 0 fully saturated rings. The number of rotatable bonds is 8. The highest BCUT2D eigenvalue weighted by atomic mass is 32.1. The summed E-state index contributed by atoms with van der Waals surface area (Å²) >= 11 is 1.67. The van der Waals surface area contributed by atoms with Crippen LogP contribution in [-0.2, 0) is 11.3 Å². The highest BCUT2D eigenvalue weighted by Gasteiger charge is 2.10. The fourth-order valence-electron chi connectivity index (χ4n) is 2.64. The van der Waals surface area contributed by atoms with Gasteiger partial charge < -0.3 is 10.1 Å². The predicted molar refractivity (Wildman–Crippen MR) is 106 cm³/mol. The van der Waals surface area contributed by atoms with Crippen LogP contribution in [0.5, 0.6) is 5.75 Å². The average molecular weight is 369 g/mol. The van der Waals surface area contributed by atoms with Gasteiger partial charge in [-0.2, -0.15) is 0 Å². The molecule has 0 radical (unpaired) electrons. The Labute approximate surface area is 157 Å². The molecule has 136 valence electrons. The predicted octanol–water partition coefficient (Wildman–Crippen LogP) is 3.23. The second kappa shape index (κ2) is 8.78. The first kappa shape index (κ1) is 18.4. The zero-order chi connectivity index (χ0) is 18.4. The number of hydrogen-bond acceptors (Lipinski definition) is 5. The van der Waals surface area contributed by atoms with Crippen molar-refractivity contribution in [2.45, 2.75) is 13.5 Å². The van der Waals surface area contributed by atoms with E-state index in [-0.39, 0.29) is 5.91 Å². The van der Waals surface area contributed by atoms with Crippen LogP contribution in [0.15, 0.2) is 48.5 Å². The molecule has 3 rings (SSSR count). The van der Waals surface area contributed by atoms with Crippen molar-refractivity contribution in [3.8, 4) is 5.75 Å². The number of nitrogens with zero attached hydrogens (tertiary/aromatic N) is 2. The van der Waals surface area contributed by atoms with E-state index in [1.54, 1.807) is 11.3 Å². The summed E-state index contributed by atoms with van der Waals surface area (Å²) in [6, 6.07) is 16.0. The molecule has 0 saturated carbocycles. The normalized spacial score (nSPS) is 11.0. The molecule has 1 amide bonds. The highest BCUT2D eigenvalue weighted by molar-refractivity contribution is 7.18. The number of amides is 1. The Morgan fingerprint density at radius 3 is 2.88 bits per heavy atom. The molecule has 0 aliphatic heterocycles. The second-order valence-electron chi connectivity index (χ2n) is 6.26. The molecule has 0 aliphatic rings. The zero-order valence-electron chi connectivity index (χ0n) is 15.1. The minimum absolute atomic E-state index is 0.0125. The zero-order valence-corrected chi connectivity index (χ0v) is 15.9. The van der Waals surface area contributed by atoms with Crippen LogP contribution in [0, 0.1) is 6.92 Å². The van der Waals surface area contributed by atoms with Gasteiger partial charge in [-0.05, 0) is 43.8 Å². The van der Waals surface area contributed by atoms with Gasteiger partial charge >= 0.3 is 0 Å². The van der Waals surface area contributed by atoms with E-state index in [2.05, 4.69) is 16.4 Å². The van der Waals surface area contributed by atoms with Crippen LogP contribution in [0.3, 0.4) is 0 Å². The number of carbonyl (C=O) groups excluding carboxylic acids is 1. The van der Waals surface area contributed by atoms with E-state index in [1.807, 2.05) is 61.3 Å². The minimum Gasteiger partial charge on any atom is -0.492 e. The summed E-state index contributed by atoms with van der Waals surface area (Å²) in [7, 11) is 1.93. The summed E-state index contributed by atoms with van der Waals surface area (Å²) in [5.41, 5.74) is 2.17. The van der Waals surface area contributed by atoms with Crippen molar-refractivity contribution < 1.29 is 9.53 Å². The molecule has 0 unspecified atom stereocenters. The van der Waals surface area contributed by atoms with Gasteiger partial charge in [0.05, 0.1) is 29.9 Å². The van der Waals surface area contributed by atoms with Crippen LogP contribution in [0.2, 0.25) is 0 Å². The number of nitrogens with one attached hydrogen (secondary N) is 1.